The fourth-order valence-electron chi connectivity index (χ4n) is 2.40. The maximum atomic E-state index is 13.3. The standard InChI is InChI=1S/C16H13BrClFO/c17-13-9-12(3-5-14(13)19)16(18)11-4-6-15-10(8-11)2-1-7-20-15/h3-6,8-9,16H,1-2,7H2. The van der Waals surface area contributed by atoms with E-state index in [0.29, 0.717) is 4.47 Å². The summed E-state index contributed by atoms with van der Waals surface area (Å²) in [7, 11) is 0. The lowest BCUT2D eigenvalue weighted by Crippen LogP contribution is -2.09. The Kier molecular flexibility index (Phi) is 3.99. The van der Waals surface area contributed by atoms with Crippen LogP contribution in [0, 0.1) is 5.82 Å². The van der Waals surface area contributed by atoms with Crippen LogP contribution in [-0.2, 0) is 6.42 Å². The van der Waals surface area contributed by atoms with Gasteiger partial charge in [-0.3, -0.25) is 0 Å². The second kappa shape index (κ2) is 5.74. The number of rotatable bonds is 2. The topological polar surface area (TPSA) is 9.23 Å². The third kappa shape index (κ3) is 2.70. The Balaban J connectivity index is 1.93. The number of benzene rings is 2. The van der Waals surface area contributed by atoms with E-state index in [1.54, 1.807) is 12.1 Å². The Hall–Kier alpha value is -1.06. The molecule has 4 heteroatoms. The Morgan fingerprint density at radius 1 is 1.15 bits per heavy atom. The van der Waals surface area contributed by atoms with Crippen molar-refractivity contribution in [2.24, 2.45) is 0 Å². The van der Waals surface area contributed by atoms with E-state index in [4.69, 9.17) is 16.3 Å². The summed E-state index contributed by atoms with van der Waals surface area (Å²) in [5, 5.41) is -0.292. The number of hydrogen-bond donors (Lipinski definition) is 0. The van der Waals surface area contributed by atoms with Crippen LogP contribution in [0.5, 0.6) is 5.75 Å². The quantitative estimate of drug-likeness (QED) is 0.669. The van der Waals surface area contributed by atoms with E-state index in [0.717, 1.165) is 36.3 Å². The zero-order valence-electron chi connectivity index (χ0n) is 10.7. The smallest absolute Gasteiger partial charge is 0.137 e. The molecule has 1 nitrogen and oxygen atoms in total. The fraction of sp³-hybridized carbons (Fsp3) is 0.250. The second-order valence-electron chi connectivity index (χ2n) is 4.86. The Bertz CT molecular complexity index is 644. The third-order valence-electron chi connectivity index (χ3n) is 3.46. The van der Waals surface area contributed by atoms with E-state index in [2.05, 4.69) is 22.0 Å². The van der Waals surface area contributed by atoms with E-state index in [1.807, 2.05) is 12.1 Å². The molecular formula is C16H13BrClFO. The molecule has 0 N–H and O–H groups in total. The molecule has 2 aromatic carbocycles. The van der Waals surface area contributed by atoms with Gasteiger partial charge in [-0.05, 0) is 63.7 Å². The molecule has 1 heterocycles. The van der Waals surface area contributed by atoms with E-state index >= 15 is 0 Å². The van der Waals surface area contributed by atoms with E-state index < -0.39 is 0 Å². The summed E-state index contributed by atoms with van der Waals surface area (Å²) in [5.74, 6) is 0.667. The summed E-state index contributed by atoms with van der Waals surface area (Å²) in [6, 6.07) is 10.9. The molecule has 0 aromatic heterocycles. The van der Waals surface area contributed by atoms with Gasteiger partial charge < -0.3 is 4.74 Å². The largest absolute Gasteiger partial charge is 0.493 e. The first-order valence-electron chi connectivity index (χ1n) is 6.50. The van der Waals surface area contributed by atoms with Crippen LogP contribution in [0.1, 0.15) is 28.5 Å². The van der Waals surface area contributed by atoms with Crippen molar-refractivity contribution >= 4 is 27.5 Å². The molecule has 0 fully saturated rings. The third-order valence-corrected chi connectivity index (χ3v) is 4.57. The van der Waals surface area contributed by atoms with Gasteiger partial charge in [-0.25, -0.2) is 4.39 Å². The lowest BCUT2D eigenvalue weighted by molar-refractivity contribution is 0.288. The molecule has 1 atom stereocenters. The average Bonchev–Trinajstić information content (AvgIpc) is 2.49. The summed E-state index contributed by atoms with van der Waals surface area (Å²) in [6.07, 6.45) is 2.05. The fourth-order valence-corrected chi connectivity index (χ4v) is 3.07. The van der Waals surface area contributed by atoms with Gasteiger partial charge in [0, 0.05) is 0 Å². The van der Waals surface area contributed by atoms with E-state index in [9.17, 15) is 4.39 Å². The number of aryl methyl sites for hydroxylation is 1. The monoisotopic (exact) mass is 354 g/mol. The molecule has 0 spiro atoms. The minimum absolute atomic E-state index is 0.281. The highest BCUT2D eigenvalue weighted by molar-refractivity contribution is 9.10. The summed E-state index contributed by atoms with van der Waals surface area (Å²) in [6.45, 7) is 0.779. The normalized spacial score (nSPS) is 15.3. The minimum Gasteiger partial charge on any atom is -0.493 e. The Labute approximate surface area is 130 Å². The molecule has 104 valence electrons. The highest BCUT2D eigenvalue weighted by Crippen LogP contribution is 2.34. The van der Waals surface area contributed by atoms with Gasteiger partial charge in [-0.15, -0.1) is 11.6 Å². The van der Waals surface area contributed by atoms with E-state index in [1.165, 1.54) is 11.6 Å². The summed E-state index contributed by atoms with van der Waals surface area (Å²) in [5.41, 5.74) is 3.08. The zero-order valence-corrected chi connectivity index (χ0v) is 13.0. The molecule has 0 amide bonds. The number of hydrogen-bond acceptors (Lipinski definition) is 1. The van der Waals surface area contributed by atoms with Crippen molar-refractivity contribution in [3.8, 4) is 5.75 Å². The molecule has 20 heavy (non-hydrogen) atoms. The molecule has 1 aliphatic heterocycles. The van der Waals surface area contributed by atoms with Crippen LogP contribution >= 0.6 is 27.5 Å². The molecular weight excluding hydrogens is 343 g/mol. The SMILES string of the molecule is Fc1ccc(C(Cl)c2ccc3c(c2)CCCO3)cc1Br. The highest BCUT2D eigenvalue weighted by atomic mass is 79.9. The molecule has 0 bridgehead atoms. The molecule has 2 aromatic rings. The van der Waals surface area contributed by atoms with Crippen LogP contribution in [0.25, 0.3) is 0 Å². The van der Waals surface area contributed by atoms with Crippen molar-refractivity contribution in [3.05, 3.63) is 63.4 Å². The highest BCUT2D eigenvalue weighted by Gasteiger charge is 2.16. The minimum atomic E-state index is -0.292. The van der Waals surface area contributed by atoms with Crippen molar-refractivity contribution in [1.82, 2.24) is 0 Å². The molecule has 1 aliphatic rings. The number of fused-ring (bicyclic) bond motifs is 1. The van der Waals surface area contributed by atoms with Crippen LogP contribution in [0.2, 0.25) is 0 Å². The number of ether oxygens (including phenoxy) is 1. The first-order valence-corrected chi connectivity index (χ1v) is 7.73. The van der Waals surface area contributed by atoms with Gasteiger partial charge in [0.25, 0.3) is 0 Å². The van der Waals surface area contributed by atoms with Crippen molar-refractivity contribution in [2.45, 2.75) is 18.2 Å². The van der Waals surface area contributed by atoms with Crippen LogP contribution in [0.4, 0.5) is 4.39 Å². The molecule has 0 saturated carbocycles. The van der Waals surface area contributed by atoms with Crippen LogP contribution in [0.15, 0.2) is 40.9 Å². The Morgan fingerprint density at radius 3 is 2.70 bits per heavy atom. The molecule has 3 rings (SSSR count). The molecule has 0 aliphatic carbocycles. The average molecular weight is 356 g/mol. The maximum Gasteiger partial charge on any atom is 0.137 e. The van der Waals surface area contributed by atoms with Crippen molar-refractivity contribution < 1.29 is 9.13 Å². The first-order chi connectivity index (χ1) is 9.65. The second-order valence-corrected chi connectivity index (χ2v) is 6.15. The predicted octanol–water partition coefficient (Wildman–Crippen LogP) is 5.24. The Morgan fingerprint density at radius 2 is 1.90 bits per heavy atom. The molecule has 1 unspecified atom stereocenters. The van der Waals surface area contributed by atoms with Gasteiger partial charge in [0.05, 0.1) is 16.5 Å². The summed E-state index contributed by atoms with van der Waals surface area (Å²) in [4.78, 5) is 0. The summed E-state index contributed by atoms with van der Waals surface area (Å²) >= 11 is 9.71. The van der Waals surface area contributed by atoms with Crippen LogP contribution in [-0.4, -0.2) is 6.61 Å². The lowest BCUT2D eigenvalue weighted by Gasteiger charge is -2.19. The van der Waals surface area contributed by atoms with Gasteiger partial charge in [-0.2, -0.15) is 0 Å². The van der Waals surface area contributed by atoms with Gasteiger partial charge in [0.2, 0.25) is 0 Å². The van der Waals surface area contributed by atoms with Crippen molar-refractivity contribution in [2.75, 3.05) is 6.61 Å². The number of alkyl halides is 1. The molecule has 0 saturated heterocycles. The van der Waals surface area contributed by atoms with Gasteiger partial charge in [-0.1, -0.05) is 18.2 Å². The predicted molar refractivity (Wildman–Crippen MR) is 82.1 cm³/mol. The van der Waals surface area contributed by atoms with Gasteiger partial charge in [0.15, 0.2) is 0 Å². The van der Waals surface area contributed by atoms with Crippen molar-refractivity contribution in [3.63, 3.8) is 0 Å². The lowest BCUT2D eigenvalue weighted by atomic mass is 9.98. The van der Waals surface area contributed by atoms with Crippen molar-refractivity contribution in [1.29, 1.82) is 0 Å². The zero-order chi connectivity index (χ0) is 14.1. The van der Waals surface area contributed by atoms with Crippen LogP contribution in [0.3, 0.4) is 0 Å². The van der Waals surface area contributed by atoms with E-state index in [-0.39, 0.29) is 11.2 Å². The maximum absolute atomic E-state index is 13.3. The van der Waals surface area contributed by atoms with Gasteiger partial charge in [0.1, 0.15) is 11.6 Å². The van der Waals surface area contributed by atoms with Gasteiger partial charge >= 0.3 is 0 Å². The van der Waals surface area contributed by atoms with Crippen LogP contribution < -0.4 is 4.74 Å². The molecule has 0 radical (unpaired) electrons. The first kappa shape index (κ1) is 13.9. The number of halogens is 3. The summed E-state index contributed by atoms with van der Waals surface area (Å²) < 4.78 is 19.3.